The lowest BCUT2D eigenvalue weighted by atomic mass is 10.1. The second-order valence-electron chi connectivity index (χ2n) is 3.96. The highest BCUT2D eigenvalue weighted by Gasteiger charge is 2.09. The number of nitrogen functional groups attached to an aromatic ring is 1. The maximum absolute atomic E-state index is 13.6. The zero-order chi connectivity index (χ0) is 12.5. The Morgan fingerprint density at radius 2 is 2.17 bits per heavy atom. The number of nitrogens with one attached hydrogen (secondary N) is 1. The normalized spacial score (nSPS) is 10.9. The van der Waals surface area contributed by atoms with Gasteiger partial charge in [-0.05, 0) is 11.6 Å². The van der Waals surface area contributed by atoms with Crippen molar-refractivity contribution in [3.63, 3.8) is 0 Å². The molecule has 0 aliphatic heterocycles. The molecule has 0 radical (unpaired) electrons. The summed E-state index contributed by atoms with van der Waals surface area (Å²) in [4.78, 5) is 14.7. The number of anilines is 1. The van der Waals surface area contributed by atoms with Crippen LogP contribution in [-0.4, -0.2) is 19.9 Å². The van der Waals surface area contributed by atoms with Crippen molar-refractivity contribution in [2.75, 3.05) is 5.73 Å². The van der Waals surface area contributed by atoms with Gasteiger partial charge in [0.15, 0.2) is 0 Å². The Hall–Kier alpha value is -2.50. The fourth-order valence-electron chi connectivity index (χ4n) is 1.87. The second-order valence-corrected chi connectivity index (χ2v) is 3.96. The van der Waals surface area contributed by atoms with Crippen molar-refractivity contribution in [3.8, 4) is 0 Å². The third kappa shape index (κ3) is 1.77. The average molecular weight is 243 g/mol. The zero-order valence-electron chi connectivity index (χ0n) is 9.39. The van der Waals surface area contributed by atoms with Crippen molar-refractivity contribution < 1.29 is 4.39 Å². The van der Waals surface area contributed by atoms with Crippen molar-refractivity contribution in [1.82, 2.24) is 19.9 Å². The third-order valence-electron chi connectivity index (χ3n) is 2.77. The van der Waals surface area contributed by atoms with Gasteiger partial charge >= 0.3 is 0 Å². The number of H-pyrrole nitrogens is 1. The number of hydrogen-bond donors (Lipinski definition) is 2. The quantitative estimate of drug-likeness (QED) is 0.671. The fourth-order valence-corrected chi connectivity index (χ4v) is 1.87. The van der Waals surface area contributed by atoms with E-state index in [-0.39, 0.29) is 5.82 Å². The molecule has 6 heteroatoms. The van der Waals surface area contributed by atoms with E-state index in [1.54, 1.807) is 24.5 Å². The molecule has 5 nitrogen and oxygen atoms in total. The standard InChI is InChI=1S/C12H10FN5/c13-11-7(1-2-10(14)18-11)3-8-4-16-12-9(8)5-15-6-17-12/h1-2,4-6H,3H2,(H2,14,18)(H,15,16,17). The smallest absolute Gasteiger partial charge is 0.218 e. The summed E-state index contributed by atoms with van der Waals surface area (Å²) in [7, 11) is 0. The summed E-state index contributed by atoms with van der Waals surface area (Å²) >= 11 is 0. The maximum Gasteiger partial charge on any atom is 0.218 e. The molecule has 3 aromatic heterocycles. The first-order chi connectivity index (χ1) is 8.74. The van der Waals surface area contributed by atoms with Crippen molar-refractivity contribution in [2.45, 2.75) is 6.42 Å². The minimum atomic E-state index is -0.541. The lowest BCUT2D eigenvalue weighted by Gasteiger charge is -2.02. The van der Waals surface area contributed by atoms with Crippen LogP contribution in [-0.2, 0) is 6.42 Å². The molecule has 0 saturated carbocycles. The van der Waals surface area contributed by atoms with E-state index in [4.69, 9.17) is 5.73 Å². The van der Waals surface area contributed by atoms with Gasteiger partial charge in [0.1, 0.15) is 17.8 Å². The lowest BCUT2D eigenvalue weighted by Crippen LogP contribution is -1.99. The predicted octanol–water partition coefficient (Wildman–Crippen LogP) is 1.66. The summed E-state index contributed by atoms with van der Waals surface area (Å²) in [5, 5.41) is 0.883. The molecule has 90 valence electrons. The van der Waals surface area contributed by atoms with Crippen LogP contribution in [0.15, 0.2) is 30.9 Å². The van der Waals surface area contributed by atoms with Crippen LogP contribution < -0.4 is 5.73 Å². The van der Waals surface area contributed by atoms with Crippen molar-refractivity contribution in [1.29, 1.82) is 0 Å². The van der Waals surface area contributed by atoms with Crippen molar-refractivity contribution in [3.05, 3.63) is 47.9 Å². The van der Waals surface area contributed by atoms with E-state index >= 15 is 0 Å². The summed E-state index contributed by atoms with van der Waals surface area (Å²) in [6.07, 6.45) is 5.40. The molecule has 3 aromatic rings. The molecular formula is C12H10FN5. The van der Waals surface area contributed by atoms with Gasteiger partial charge in [0, 0.05) is 29.8 Å². The van der Waals surface area contributed by atoms with E-state index in [0.29, 0.717) is 12.0 Å². The summed E-state index contributed by atoms with van der Waals surface area (Å²) < 4.78 is 13.6. The summed E-state index contributed by atoms with van der Waals surface area (Å²) in [5.41, 5.74) is 7.58. The molecule has 0 saturated heterocycles. The molecular weight excluding hydrogens is 233 g/mol. The number of aromatic nitrogens is 4. The molecule has 0 aliphatic rings. The molecule has 0 bridgehead atoms. The molecule has 0 aliphatic carbocycles. The number of rotatable bonds is 2. The number of aromatic amines is 1. The maximum atomic E-state index is 13.6. The largest absolute Gasteiger partial charge is 0.384 e. The van der Waals surface area contributed by atoms with E-state index in [1.807, 2.05) is 0 Å². The molecule has 0 unspecified atom stereocenters. The highest BCUT2D eigenvalue weighted by atomic mass is 19.1. The van der Waals surface area contributed by atoms with Gasteiger partial charge in [0.2, 0.25) is 5.95 Å². The Bertz CT molecular complexity index is 707. The Kier molecular flexibility index (Phi) is 2.40. The van der Waals surface area contributed by atoms with E-state index in [1.165, 1.54) is 6.33 Å². The van der Waals surface area contributed by atoms with Crippen LogP contribution in [0.3, 0.4) is 0 Å². The number of nitrogens with zero attached hydrogens (tertiary/aromatic N) is 3. The van der Waals surface area contributed by atoms with Crippen LogP contribution in [0.25, 0.3) is 11.0 Å². The van der Waals surface area contributed by atoms with Gasteiger partial charge in [0.05, 0.1) is 0 Å². The van der Waals surface area contributed by atoms with Crippen LogP contribution in [0.2, 0.25) is 0 Å². The van der Waals surface area contributed by atoms with Crippen LogP contribution in [0.1, 0.15) is 11.1 Å². The molecule has 0 fully saturated rings. The minimum absolute atomic E-state index is 0.179. The van der Waals surface area contributed by atoms with Gasteiger partial charge < -0.3 is 10.7 Å². The van der Waals surface area contributed by atoms with Crippen LogP contribution in [0.4, 0.5) is 10.2 Å². The first-order valence-electron chi connectivity index (χ1n) is 5.41. The summed E-state index contributed by atoms with van der Waals surface area (Å²) in [6.45, 7) is 0. The lowest BCUT2D eigenvalue weighted by molar-refractivity contribution is 0.572. The van der Waals surface area contributed by atoms with E-state index in [9.17, 15) is 4.39 Å². The van der Waals surface area contributed by atoms with Gasteiger partial charge in [-0.25, -0.2) is 15.0 Å². The van der Waals surface area contributed by atoms with Gasteiger partial charge in [0.25, 0.3) is 0 Å². The zero-order valence-corrected chi connectivity index (χ0v) is 9.39. The van der Waals surface area contributed by atoms with Crippen molar-refractivity contribution >= 4 is 16.9 Å². The van der Waals surface area contributed by atoms with Crippen LogP contribution in [0, 0.1) is 5.95 Å². The van der Waals surface area contributed by atoms with Gasteiger partial charge in [-0.15, -0.1) is 0 Å². The first kappa shape index (κ1) is 10.6. The highest BCUT2D eigenvalue weighted by molar-refractivity contribution is 5.78. The number of hydrogen-bond acceptors (Lipinski definition) is 4. The van der Waals surface area contributed by atoms with E-state index in [0.717, 1.165) is 16.6 Å². The van der Waals surface area contributed by atoms with Crippen molar-refractivity contribution in [2.24, 2.45) is 0 Å². The first-order valence-corrected chi connectivity index (χ1v) is 5.41. The Morgan fingerprint density at radius 3 is 3.00 bits per heavy atom. The topological polar surface area (TPSA) is 80.5 Å². The van der Waals surface area contributed by atoms with Gasteiger partial charge in [-0.3, -0.25) is 0 Å². The van der Waals surface area contributed by atoms with Crippen LogP contribution >= 0.6 is 0 Å². The fraction of sp³-hybridized carbons (Fsp3) is 0.0833. The molecule has 3 rings (SSSR count). The van der Waals surface area contributed by atoms with Crippen LogP contribution in [0.5, 0.6) is 0 Å². The SMILES string of the molecule is Nc1ccc(Cc2c[nH]c3ncncc23)c(F)n1. The Morgan fingerprint density at radius 1 is 1.28 bits per heavy atom. The van der Waals surface area contributed by atoms with E-state index < -0.39 is 5.95 Å². The molecule has 18 heavy (non-hydrogen) atoms. The second kappa shape index (κ2) is 4.06. The number of pyridine rings is 1. The summed E-state index contributed by atoms with van der Waals surface area (Å²) in [6, 6.07) is 3.23. The van der Waals surface area contributed by atoms with E-state index in [2.05, 4.69) is 19.9 Å². The molecule has 0 aromatic carbocycles. The number of halogens is 1. The molecule has 0 amide bonds. The Balaban J connectivity index is 2.01. The highest BCUT2D eigenvalue weighted by Crippen LogP contribution is 2.19. The third-order valence-corrected chi connectivity index (χ3v) is 2.77. The van der Waals surface area contributed by atoms with Gasteiger partial charge in [-0.1, -0.05) is 6.07 Å². The Labute approximate surface area is 102 Å². The molecule has 3 heterocycles. The average Bonchev–Trinajstić information content (AvgIpc) is 2.76. The monoisotopic (exact) mass is 243 g/mol. The number of fused-ring (bicyclic) bond motifs is 1. The summed E-state index contributed by atoms with van der Waals surface area (Å²) in [5.74, 6) is -0.361. The number of nitrogens with two attached hydrogens (primary N) is 1. The molecule has 3 N–H and O–H groups in total. The minimum Gasteiger partial charge on any atom is -0.384 e. The van der Waals surface area contributed by atoms with Gasteiger partial charge in [-0.2, -0.15) is 4.39 Å². The molecule has 0 spiro atoms. The molecule has 0 atom stereocenters. The predicted molar refractivity (Wildman–Crippen MR) is 65.3 cm³/mol.